The van der Waals surface area contributed by atoms with Crippen LogP contribution in [0.3, 0.4) is 0 Å². The van der Waals surface area contributed by atoms with E-state index in [-0.39, 0.29) is 11.3 Å². The molecule has 170 valence electrons. The Morgan fingerprint density at radius 3 is 2.33 bits per heavy atom. The lowest BCUT2D eigenvalue weighted by molar-refractivity contribution is -0.111. The molecule has 7 nitrogen and oxygen atoms in total. The topological polar surface area (TPSA) is 79.3 Å². The van der Waals surface area contributed by atoms with Crippen molar-refractivity contribution in [2.45, 2.75) is 84.3 Å². The number of hydrogen-bond acceptors (Lipinski definition) is 5. The Hall–Kier alpha value is -1.73. The summed E-state index contributed by atoms with van der Waals surface area (Å²) in [5.74, 6) is 1.32. The lowest BCUT2D eigenvalue weighted by atomic mass is 9.87. The number of hydrogen-bond donors (Lipinski definition) is 2. The summed E-state index contributed by atoms with van der Waals surface area (Å²) in [6.45, 7) is 8.54. The van der Waals surface area contributed by atoms with Gasteiger partial charge in [-0.1, -0.05) is 40.0 Å². The minimum atomic E-state index is -0.524. The molecule has 0 saturated heterocycles. The van der Waals surface area contributed by atoms with Crippen LogP contribution in [-0.4, -0.2) is 60.4 Å². The van der Waals surface area contributed by atoms with Crippen LogP contribution in [0.25, 0.3) is 0 Å². The maximum atomic E-state index is 13.1. The van der Waals surface area contributed by atoms with Crippen molar-refractivity contribution < 1.29 is 9.59 Å². The molecular weight excluding hydrogens is 378 g/mol. The van der Waals surface area contributed by atoms with Crippen molar-refractivity contribution in [2.75, 3.05) is 27.7 Å². The van der Waals surface area contributed by atoms with Gasteiger partial charge in [-0.3, -0.25) is 4.79 Å². The summed E-state index contributed by atoms with van der Waals surface area (Å²) in [4.78, 5) is 31.7. The van der Waals surface area contributed by atoms with Crippen LogP contribution in [0, 0.1) is 5.41 Å². The highest BCUT2D eigenvalue weighted by Crippen LogP contribution is 2.34. The van der Waals surface area contributed by atoms with Crippen LogP contribution < -0.4 is 10.6 Å². The smallest absolute Gasteiger partial charge is 0.272 e. The van der Waals surface area contributed by atoms with Crippen molar-refractivity contribution in [1.82, 2.24) is 25.1 Å². The Labute approximate surface area is 182 Å². The van der Waals surface area contributed by atoms with Crippen molar-refractivity contribution in [3.05, 3.63) is 17.2 Å². The number of nitrogens with one attached hydrogen (secondary N) is 2. The molecule has 0 bridgehead atoms. The third-order valence-electron chi connectivity index (χ3n) is 5.98. The number of aldehydes is 1. The fraction of sp³-hybridized carbons (Fsp3) is 0.783. The summed E-state index contributed by atoms with van der Waals surface area (Å²) in [5.41, 5.74) is 1.20. The van der Waals surface area contributed by atoms with Gasteiger partial charge in [-0.15, -0.1) is 0 Å². The number of aromatic nitrogens is 2. The van der Waals surface area contributed by atoms with Gasteiger partial charge in [0.1, 0.15) is 12.1 Å². The highest BCUT2D eigenvalue weighted by molar-refractivity contribution is 5.95. The average Bonchev–Trinajstić information content (AvgIpc) is 2.93. The number of imidazole rings is 1. The van der Waals surface area contributed by atoms with Crippen LogP contribution >= 0.6 is 0 Å². The van der Waals surface area contributed by atoms with E-state index in [0.29, 0.717) is 11.6 Å². The third kappa shape index (κ3) is 6.14. The first-order valence-corrected chi connectivity index (χ1v) is 11.3. The van der Waals surface area contributed by atoms with Crippen LogP contribution in [0.5, 0.6) is 0 Å². The molecule has 0 aromatic carbocycles. The SMILES string of the molecule is CN1CCCn2c(C3CCCCC3)nc(C(=O)NC(C=O)C(C)(C)C)c2C1.CNC. The molecule has 3 rings (SSSR count). The molecule has 2 N–H and O–H groups in total. The van der Waals surface area contributed by atoms with Crippen LogP contribution in [0.4, 0.5) is 0 Å². The molecule has 1 aromatic rings. The second-order valence-corrected chi connectivity index (χ2v) is 9.80. The molecule has 1 aromatic heterocycles. The number of amides is 1. The Morgan fingerprint density at radius 2 is 1.77 bits per heavy atom. The molecule has 30 heavy (non-hydrogen) atoms. The highest BCUT2D eigenvalue weighted by atomic mass is 16.2. The molecule has 1 aliphatic heterocycles. The van der Waals surface area contributed by atoms with E-state index in [2.05, 4.69) is 27.1 Å². The van der Waals surface area contributed by atoms with Gasteiger partial charge in [0.05, 0.1) is 11.7 Å². The first-order valence-electron chi connectivity index (χ1n) is 11.3. The van der Waals surface area contributed by atoms with Gasteiger partial charge in [0.15, 0.2) is 5.69 Å². The van der Waals surface area contributed by atoms with E-state index in [0.717, 1.165) is 56.7 Å². The molecule has 1 amide bonds. The summed E-state index contributed by atoms with van der Waals surface area (Å²) >= 11 is 0. The van der Waals surface area contributed by atoms with Crippen LogP contribution in [0.2, 0.25) is 0 Å². The van der Waals surface area contributed by atoms with E-state index in [9.17, 15) is 9.59 Å². The zero-order valence-corrected chi connectivity index (χ0v) is 19.8. The number of carbonyl (C=O) groups excluding carboxylic acids is 2. The average molecular weight is 420 g/mol. The summed E-state index contributed by atoms with van der Waals surface area (Å²) in [6.07, 6.45) is 8.00. The van der Waals surface area contributed by atoms with Gasteiger partial charge in [0.2, 0.25) is 0 Å². The van der Waals surface area contributed by atoms with Crippen molar-refractivity contribution in [2.24, 2.45) is 5.41 Å². The molecule has 2 heterocycles. The Kier molecular flexibility index (Phi) is 9.04. The van der Waals surface area contributed by atoms with Crippen LogP contribution in [0.1, 0.15) is 87.2 Å². The minimum absolute atomic E-state index is 0.219. The zero-order valence-electron chi connectivity index (χ0n) is 19.8. The van der Waals surface area contributed by atoms with Gasteiger partial charge in [0, 0.05) is 19.0 Å². The first-order chi connectivity index (χ1) is 14.2. The molecule has 1 atom stereocenters. The number of carbonyl (C=O) groups is 2. The van der Waals surface area contributed by atoms with Gasteiger partial charge in [-0.25, -0.2) is 4.98 Å². The Morgan fingerprint density at radius 1 is 1.13 bits per heavy atom. The van der Waals surface area contributed by atoms with Gasteiger partial charge in [-0.2, -0.15) is 0 Å². The number of nitrogens with zero attached hydrogens (tertiary/aromatic N) is 3. The Bertz CT molecular complexity index is 701. The monoisotopic (exact) mass is 419 g/mol. The molecule has 7 heteroatoms. The van der Waals surface area contributed by atoms with E-state index in [1.807, 2.05) is 34.9 Å². The maximum Gasteiger partial charge on any atom is 0.272 e. The van der Waals surface area contributed by atoms with Gasteiger partial charge in [0.25, 0.3) is 5.91 Å². The van der Waals surface area contributed by atoms with Gasteiger partial charge < -0.3 is 24.9 Å². The first kappa shape index (κ1) is 24.5. The van der Waals surface area contributed by atoms with Crippen LogP contribution in [0.15, 0.2) is 0 Å². The normalized spacial score (nSPS) is 19.1. The molecule has 1 aliphatic carbocycles. The quantitative estimate of drug-likeness (QED) is 0.734. The standard InChI is InChI=1S/C21H34N4O2.C2H7N/c1-21(2,3)17(14-26)22-20(27)18-16-13-24(4)11-8-12-25(16)19(23-18)15-9-6-5-7-10-15;1-3-2/h14-15,17H,5-13H2,1-4H3,(H,22,27);3H,1-2H3. The molecule has 0 radical (unpaired) electrons. The van der Waals surface area contributed by atoms with Gasteiger partial charge >= 0.3 is 0 Å². The fourth-order valence-corrected chi connectivity index (χ4v) is 4.27. The van der Waals surface area contributed by atoms with E-state index in [4.69, 9.17) is 4.98 Å². The highest BCUT2D eigenvalue weighted by Gasteiger charge is 2.32. The largest absolute Gasteiger partial charge is 0.341 e. The van der Waals surface area contributed by atoms with Crippen molar-refractivity contribution >= 4 is 12.2 Å². The lowest BCUT2D eigenvalue weighted by Gasteiger charge is -2.26. The molecular formula is C23H41N5O2. The van der Waals surface area contributed by atoms with Crippen molar-refractivity contribution in [3.63, 3.8) is 0 Å². The Balaban J connectivity index is 0.00000101. The summed E-state index contributed by atoms with van der Waals surface area (Å²) < 4.78 is 2.31. The molecule has 2 aliphatic rings. The second kappa shape index (κ2) is 11.0. The molecule has 0 spiro atoms. The molecule has 1 saturated carbocycles. The summed E-state index contributed by atoms with van der Waals surface area (Å²) in [5, 5.41) is 5.67. The van der Waals surface area contributed by atoms with E-state index in [1.165, 1.54) is 19.3 Å². The number of rotatable bonds is 4. The summed E-state index contributed by atoms with van der Waals surface area (Å²) in [6, 6.07) is -0.524. The second-order valence-electron chi connectivity index (χ2n) is 9.80. The van der Waals surface area contributed by atoms with E-state index >= 15 is 0 Å². The molecule has 1 fully saturated rings. The summed E-state index contributed by atoms with van der Waals surface area (Å²) in [7, 11) is 5.84. The van der Waals surface area contributed by atoms with E-state index in [1.54, 1.807) is 0 Å². The zero-order chi connectivity index (χ0) is 22.3. The minimum Gasteiger partial charge on any atom is -0.341 e. The number of fused-ring (bicyclic) bond motifs is 1. The van der Waals surface area contributed by atoms with Gasteiger partial charge in [-0.05, 0) is 52.4 Å². The predicted molar refractivity (Wildman–Crippen MR) is 121 cm³/mol. The van der Waals surface area contributed by atoms with Crippen molar-refractivity contribution in [3.8, 4) is 0 Å². The van der Waals surface area contributed by atoms with Crippen molar-refractivity contribution in [1.29, 1.82) is 0 Å². The predicted octanol–water partition coefficient (Wildman–Crippen LogP) is 2.95. The van der Waals surface area contributed by atoms with E-state index < -0.39 is 6.04 Å². The molecule has 1 unspecified atom stereocenters. The fourth-order valence-electron chi connectivity index (χ4n) is 4.27. The third-order valence-corrected chi connectivity index (χ3v) is 5.98. The lowest BCUT2D eigenvalue weighted by Crippen LogP contribution is -2.45. The van der Waals surface area contributed by atoms with Crippen LogP contribution in [-0.2, 0) is 17.9 Å². The maximum absolute atomic E-state index is 13.1.